The first-order valence-corrected chi connectivity index (χ1v) is 3.24. The molecule has 0 aromatic rings. The molecule has 0 aliphatic rings. The van der Waals surface area contributed by atoms with Gasteiger partial charge in [-0.15, -0.1) is 0 Å². The molecule has 0 saturated heterocycles. The second-order valence-corrected chi connectivity index (χ2v) is 2.21. The van der Waals surface area contributed by atoms with Gasteiger partial charge in [-0.3, -0.25) is 0 Å². The molecule has 11 heteroatoms. The Morgan fingerprint density at radius 2 is 1.67 bits per heavy atom. The van der Waals surface area contributed by atoms with E-state index in [1.165, 1.54) is 5.48 Å². The Kier molecular flexibility index (Phi) is 21.0. The Balaban J connectivity index is -0.000000107. The molecule has 0 rings (SSSR count). The maximum atomic E-state index is 9.74. The summed E-state index contributed by atoms with van der Waals surface area (Å²) in [5.41, 5.74) is 5.64. The van der Waals surface area contributed by atoms with Crippen molar-refractivity contribution < 1.29 is 23.8 Å². The first-order valence-electron chi connectivity index (χ1n) is 1.71. The molecule has 0 aliphatic carbocycles. The fourth-order valence-electron chi connectivity index (χ4n) is 0.104. The molecule has 0 spiro atoms. The Hall–Kier alpha value is 1.68. The van der Waals surface area contributed by atoms with Gasteiger partial charge in [0.2, 0.25) is 0 Å². The minimum atomic E-state index is -4.63. The lowest BCUT2D eigenvalue weighted by Crippen LogP contribution is -2.28. The second kappa shape index (κ2) is 10.8. The highest BCUT2D eigenvalue weighted by Crippen LogP contribution is 2.33. The van der Waals surface area contributed by atoms with Gasteiger partial charge in [0.05, 0.1) is 0 Å². The van der Waals surface area contributed by atoms with Crippen LogP contribution < -0.4 is 11.2 Å². The average Bonchev–Trinajstić information content (AvgIpc) is 1.59. The van der Waals surface area contributed by atoms with E-state index in [1.807, 2.05) is 0 Å². The van der Waals surface area contributed by atoms with E-state index in [1.54, 1.807) is 0 Å². The number of nitrogens with one attached hydrogen (secondary N) is 1. The molecule has 2 amide bonds. The number of urea groups is 1. The molecule has 0 heterocycles. The zero-order valence-electron chi connectivity index (χ0n) is 4.14. The molecule has 0 bridgehead atoms. The number of hydrogen-bond acceptors (Lipinski definition) is 3. The molecular weight excluding hydrogens is 224 g/mol. The van der Waals surface area contributed by atoms with E-state index >= 15 is 0 Å². The summed E-state index contributed by atoms with van der Waals surface area (Å²) >= 11 is 0. The number of carbonyl (C=O) groups excluding carboxylic acids is 1. The molecule has 0 fully saturated rings. The van der Waals surface area contributed by atoms with E-state index in [2.05, 4.69) is 10.4 Å². The van der Waals surface area contributed by atoms with Gasteiger partial charge < -0.3 is 15.5 Å². The molecule has 0 atom stereocenters. The smallest absolute Gasteiger partial charge is 0.350 e. The molecular formula is CH11Mg3N2O5P. The van der Waals surface area contributed by atoms with Crippen molar-refractivity contribution >= 4 is 83.0 Å². The van der Waals surface area contributed by atoms with Gasteiger partial charge in [0.1, 0.15) is 0 Å². The van der Waals surface area contributed by atoms with Crippen molar-refractivity contribution in [3.63, 3.8) is 0 Å². The minimum absolute atomic E-state index is 0. The molecule has 66 valence electrons. The summed E-state index contributed by atoms with van der Waals surface area (Å²) in [6.45, 7) is 0. The van der Waals surface area contributed by atoms with Crippen LogP contribution in [0.3, 0.4) is 0 Å². The molecule has 0 unspecified atom stereocenters. The highest BCUT2D eigenvalue weighted by Gasteiger charge is 2.14. The van der Waals surface area contributed by atoms with E-state index in [4.69, 9.17) is 9.79 Å². The van der Waals surface area contributed by atoms with Crippen molar-refractivity contribution in [2.45, 2.75) is 0 Å². The summed E-state index contributed by atoms with van der Waals surface area (Å²) in [6.07, 6.45) is 0. The third-order valence-electron chi connectivity index (χ3n) is 0.265. The molecule has 7 nitrogen and oxygen atoms in total. The standard InChI is InChI=1S/CH5N2O5P.3Mg.6H/c2-1(4)3-8-9(5,6)7;;;;;;;;;/h(H3,2,3,4)(H2,5,6,7);;;;;;;;;. The SMILES string of the molecule is NC(=O)NOP(=O)(O)O.[MgH2].[MgH2].[MgH2]. The van der Waals surface area contributed by atoms with Gasteiger partial charge in [-0.05, 0) is 0 Å². The van der Waals surface area contributed by atoms with Crippen LogP contribution in [0.5, 0.6) is 0 Å². The van der Waals surface area contributed by atoms with Gasteiger partial charge in [-0.2, -0.15) is 4.62 Å². The predicted molar refractivity (Wildman–Crippen MR) is 51.5 cm³/mol. The van der Waals surface area contributed by atoms with Crippen LogP contribution in [0.15, 0.2) is 0 Å². The molecule has 0 aliphatic heterocycles. The molecule has 5 N–H and O–H groups in total. The van der Waals surface area contributed by atoms with Crippen molar-refractivity contribution in [3.8, 4) is 0 Å². The Morgan fingerprint density at radius 3 is 1.75 bits per heavy atom. The zero-order valence-corrected chi connectivity index (χ0v) is 5.04. The number of carbonyl (C=O) groups is 1. The van der Waals surface area contributed by atoms with Gasteiger partial charge >= 0.3 is 83.0 Å². The number of primary amides is 1. The lowest BCUT2D eigenvalue weighted by molar-refractivity contribution is 0.135. The lowest BCUT2D eigenvalue weighted by Gasteiger charge is -2.01. The maximum Gasteiger partial charge on any atom is 0.491 e. The van der Waals surface area contributed by atoms with E-state index in [9.17, 15) is 9.36 Å². The first-order chi connectivity index (χ1) is 3.92. The summed E-state index contributed by atoms with van der Waals surface area (Å²) in [5.74, 6) is 0. The highest BCUT2D eigenvalue weighted by molar-refractivity contribution is 7.46. The normalized spacial score (nSPS) is 8.17. The average molecular weight is 235 g/mol. The van der Waals surface area contributed by atoms with Crippen LogP contribution in [0, 0.1) is 0 Å². The largest absolute Gasteiger partial charge is 0.491 e. The Morgan fingerprint density at radius 1 is 1.33 bits per heavy atom. The van der Waals surface area contributed by atoms with Crippen molar-refractivity contribution in [2.75, 3.05) is 0 Å². The minimum Gasteiger partial charge on any atom is -0.350 e. The number of hydrogen-bond donors (Lipinski definition) is 4. The van der Waals surface area contributed by atoms with E-state index in [-0.39, 0.29) is 69.2 Å². The predicted octanol–water partition coefficient (Wildman–Crippen LogP) is -4.07. The van der Waals surface area contributed by atoms with Crippen LogP contribution in [-0.4, -0.2) is 85.0 Å². The summed E-state index contributed by atoms with van der Waals surface area (Å²) in [5, 5.41) is 0. The number of hydroxylamine groups is 1. The summed E-state index contributed by atoms with van der Waals surface area (Å²) in [4.78, 5) is 25.5. The maximum absolute atomic E-state index is 9.74. The van der Waals surface area contributed by atoms with Crippen molar-refractivity contribution in [3.05, 3.63) is 0 Å². The quantitative estimate of drug-likeness (QED) is 0.220. The Labute approximate surface area is 117 Å². The van der Waals surface area contributed by atoms with Gasteiger partial charge in [0.15, 0.2) is 0 Å². The first kappa shape index (κ1) is 23.5. The van der Waals surface area contributed by atoms with Gasteiger partial charge in [0, 0.05) is 0 Å². The van der Waals surface area contributed by atoms with Gasteiger partial charge in [-0.25, -0.2) is 14.8 Å². The van der Waals surface area contributed by atoms with Crippen molar-refractivity contribution in [2.24, 2.45) is 5.73 Å². The third-order valence-corrected chi connectivity index (χ3v) is 0.594. The number of amides is 2. The van der Waals surface area contributed by atoms with E-state index in [0.29, 0.717) is 0 Å². The molecule has 0 radical (unpaired) electrons. The highest BCUT2D eigenvalue weighted by atomic mass is 31.2. The number of rotatable bonds is 2. The summed E-state index contributed by atoms with van der Waals surface area (Å²) in [6, 6.07) is -1.17. The fraction of sp³-hybridized carbons (Fsp3) is 0. The summed E-state index contributed by atoms with van der Waals surface area (Å²) < 4.78 is 13.2. The Bertz CT molecular complexity index is 159. The van der Waals surface area contributed by atoms with Crippen LogP contribution in [0.1, 0.15) is 0 Å². The van der Waals surface area contributed by atoms with Crippen molar-refractivity contribution in [1.29, 1.82) is 0 Å². The summed E-state index contributed by atoms with van der Waals surface area (Å²) in [7, 11) is -4.63. The van der Waals surface area contributed by atoms with E-state index < -0.39 is 13.9 Å². The number of nitrogens with two attached hydrogens (primary N) is 1. The van der Waals surface area contributed by atoms with Crippen LogP contribution >= 0.6 is 7.82 Å². The van der Waals surface area contributed by atoms with Crippen LogP contribution in [0.2, 0.25) is 0 Å². The second-order valence-electron chi connectivity index (χ2n) is 1.05. The van der Waals surface area contributed by atoms with Crippen molar-refractivity contribution in [1.82, 2.24) is 5.48 Å². The topological polar surface area (TPSA) is 122 Å². The van der Waals surface area contributed by atoms with Crippen LogP contribution in [0.25, 0.3) is 0 Å². The van der Waals surface area contributed by atoms with Gasteiger partial charge in [-0.1, -0.05) is 0 Å². The monoisotopic (exact) mass is 234 g/mol. The van der Waals surface area contributed by atoms with Crippen LogP contribution in [0.4, 0.5) is 4.79 Å². The van der Waals surface area contributed by atoms with E-state index in [0.717, 1.165) is 0 Å². The molecule has 0 aromatic carbocycles. The fourth-order valence-corrected chi connectivity index (χ4v) is 0.313. The molecule has 12 heavy (non-hydrogen) atoms. The van der Waals surface area contributed by atoms with Gasteiger partial charge in [0.25, 0.3) is 0 Å². The zero-order chi connectivity index (χ0) is 7.49. The molecule has 0 aromatic heterocycles. The lowest BCUT2D eigenvalue weighted by atomic mass is 11.2. The number of phosphoric acid groups is 1. The molecule has 0 saturated carbocycles. The third kappa shape index (κ3) is 22.6. The van der Waals surface area contributed by atoms with Crippen LogP contribution in [-0.2, 0) is 9.19 Å².